The second kappa shape index (κ2) is 6.92. The zero-order chi connectivity index (χ0) is 19.8. The molecule has 0 aliphatic rings. The number of nitrogens with one attached hydrogen (secondary N) is 1. The molecule has 138 valence electrons. The van der Waals surface area contributed by atoms with Crippen LogP contribution in [0.25, 0.3) is 0 Å². The van der Waals surface area contributed by atoms with Crippen LogP contribution in [-0.4, -0.2) is 14.8 Å². The van der Waals surface area contributed by atoms with Gasteiger partial charge in [-0.05, 0) is 18.6 Å². The highest BCUT2D eigenvalue weighted by molar-refractivity contribution is 6.35. The van der Waals surface area contributed by atoms with E-state index in [4.69, 9.17) is 23.2 Å². The summed E-state index contributed by atoms with van der Waals surface area (Å²) in [6.45, 7) is 1.33. The third kappa shape index (κ3) is 3.78. The van der Waals surface area contributed by atoms with Gasteiger partial charge in [-0.15, -0.1) is 0 Å². The number of benzene rings is 1. The predicted octanol–water partition coefficient (Wildman–Crippen LogP) is 5.28. The van der Waals surface area contributed by atoms with Gasteiger partial charge in [0.25, 0.3) is 5.69 Å². The Balaban J connectivity index is 2.64. The minimum atomic E-state index is -4.71. The quantitative estimate of drug-likeness (QED) is 0.542. The fourth-order valence-electron chi connectivity index (χ4n) is 2.00. The van der Waals surface area contributed by atoms with Crippen LogP contribution in [-0.2, 0) is 6.18 Å². The van der Waals surface area contributed by atoms with Crippen molar-refractivity contribution in [1.29, 1.82) is 0 Å². The lowest BCUT2D eigenvalue weighted by atomic mass is 10.1. The summed E-state index contributed by atoms with van der Waals surface area (Å²) in [7, 11) is 0. The number of hydrogen-bond donors (Lipinski definition) is 1. The largest absolute Gasteiger partial charge is 0.417 e. The molecule has 0 unspecified atom stereocenters. The number of aromatic nitrogens is 1. The van der Waals surface area contributed by atoms with Crippen LogP contribution in [0.2, 0.25) is 10.0 Å². The van der Waals surface area contributed by atoms with Gasteiger partial charge in [-0.1, -0.05) is 23.2 Å². The molecule has 0 bridgehead atoms. The second-order valence-corrected chi connectivity index (χ2v) is 5.73. The van der Waals surface area contributed by atoms with Gasteiger partial charge in [-0.3, -0.25) is 20.2 Å². The molecule has 0 radical (unpaired) electrons. The van der Waals surface area contributed by atoms with Crippen LogP contribution in [0.1, 0.15) is 11.1 Å². The topological polar surface area (TPSA) is 111 Å². The lowest BCUT2D eigenvalue weighted by Crippen LogP contribution is -2.08. The van der Waals surface area contributed by atoms with E-state index in [1.54, 1.807) is 0 Å². The van der Waals surface area contributed by atoms with E-state index in [9.17, 15) is 33.4 Å². The molecule has 1 aromatic carbocycles. The molecule has 13 heteroatoms. The number of nitro groups is 2. The molecule has 0 saturated carbocycles. The molecule has 0 saturated heterocycles. The molecule has 1 aromatic heterocycles. The van der Waals surface area contributed by atoms with Gasteiger partial charge >= 0.3 is 11.9 Å². The molecular formula is C13H7Cl2F3N4O4. The fraction of sp³-hybridized carbons (Fsp3) is 0.154. The van der Waals surface area contributed by atoms with Crippen LogP contribution in [0.15, 0.2) is 18.3 Å². The average Bonchev–Trinajstić information content (AvgIpc) is 2.50. The van der Waals surface area contributed by atoms with Crippen molar-refractivity contribution in [3.63, 3.8) is 0 Å². The SMILES string of the molecule is Cc1cc([N+](=O)[O-])c(Nc2ncc(C(F)(F)F)cc2Cl)c([N+](=O)[O-])c1Cl. The number of pyridine rings is 1. The average molecular weight is 411 g/mol. The fourth-order valence-corrected chi connectivity index (χ4v) is 2.43. The standard InChI is InChI=1S/C13H7Cl2F3N4O4/c1-5-2-8(21(23)24)10(11(9(5)15)22(25)26)20-12-7(14)3-6(4-19-12)13(16,17)18/h2-4H,1H3,(H,19,20). The number of rotatable bonds is 4. The summed E-state index contributed by atoms with van der Waals surface area (Å²) < 4.78 is 37.9. The van der Waals surface area contributed by atoms with Gasteiger partial charge in [-0.2, -0.15) is 13.2 Å². The predicted molar refractivity (Wildman–Crippen MR) is 87.0 cm³/mol. The van der Waals surface area contributed by atoms with Gasteiger partial charge in [0.1, 0.15) is 10.8 Å². The maximum atomic E-state index is 12.6. The van der Waals surface area contributed by atoms with Gasteiger partial charge in [0.2, 0.25) is 0 Å². The van der Waals surface area contributed by atoms with E-state index in [2.05, 4.69) is 10.3 Å². The Morgan fingerprint density at radius 2 is 1.77 bits per heavy atom. The van der Waals surface area contributed by atoms with Crippen LogP contribution in [0.5, 0.6) is 0 Å². The van der Waals surface area contributed by atoms with Crippen molar-refractivity contribution in [2.75, 3.05) is 5.32 Å². The normalized spacial score (nSPS) is 11.3. The molecule has 26 heavy (non-hydrogen) atoms. The minimum Gasteiger partial charge on any atom is -0.328 e. The summed E-state index contributed by atoms with van der Waals surface area (Å²) in [5, 5.41) is 23.8. The highest BCUT2D eigenvalue weighted by Gasteiger charge is 2.33. The Labute approximate surface area is 152 Å². The summed E-state index contributed by atoms with van der Waals surface area (Å²) in [5.74, 6) is -0.439. The first-order valence-corrected chi connectivity index (χ1v) is 7.30. The summed E-state index contributed by atoms with van der Waals surface area (Å²) >= 11 is 11.6. The maximum absolute atomic E-state index is 12.6. The number of anilines is 2. The van der Waals surface area contributed by atoms with Gasteiger partial charge < -0.3 is 5.32 Å². The molecule has 0 atom stereocenters. The van der Waals surface area contributed by atoms with Crippen molar-refractivity contribution in [3.8, 4) is 0 Å². The summed E-state index contributed by atoms with van der Waals surface area (Å²) in [5.41, 5.74) is -3.27. The molecule has 0 aliphatic carbocycles. The van der Waals surface area contributed by atoms with Crippen LogP contribution >= 0.6 is 23.2 Å². The van der Waals surface area contributed by atoms with Crippen molar-refractivity contribution in [3.05, 3.63) is 59.7 Å². The number of hydrogen-bond acceptors (Lipinski definition) is 6. The zero-order valence-corrected chi connectivity index (χ0v) is 14.1. The van der Waals surface area contributed by atoms with Crippen LogP contribution in [0, 0.1) is 27.2 Å². The van der Waals surface area contributed by atoms with Crippen LogP contribution < -0.4 is 5.32 Å². The Hall–Kier alpha value is -2.66. The second-order valence-electron chi connectivity index (χ2n) is 4.94. The Bertz CT molecular complexity index is 921. The molecular weight excluding hydrogens is 404 g/mol. The lowest BCUT2D eigenvalue weighted by molar-refractivity contribution is -0.392. The molecule has 2 rings (SSSR count). The summed E-state index contributed by atoms with van der Waals surface area (Å²) in [6, 6.07) is 1.51. The van der Waals surface area contributed by atoms with Crippen molar-refractivity contribution < 1.29 is 23.0 Å². The van der Waals surface area contributed by atoms with E-state index >= 15 is 0 Å². The lowest BCUT2D eigenvalue weighted by Gasteiger charge is -2.12. The van der Waals surface area contributed by atoms with E-state index in [1.165, 1.54) is 6.92 Å². The van der Waals surface area contributed by atoms with Gasteiger partial charge in [0.05, 0.1) is 20.4 Å². The molecule has 8 nitrogen and oxygen atoms in total. The Morgan fingerprint density at radius 3 is 2.23 bits per heavy atom. The minimum absolute atomic E-state index is 0.0714. The third-order valence-electron chi connectivity index (χ3n) is 3.19. The third-order valence-corrected chi connectivity index (χ3v) is 3.96. The number of aryl methyl sites for hydroxylation is 1. The smallest absolute Gasteiger partial charge is 0.328 e. The molecule has 1 heterocycles. The number of alkyl halides is 3. The number of nitrogens with zero attached hydrogens (tertiary/aromatic N) is 3. The highest BCUT2D eigenvalue weighted by atomic mass is 35.5. The van der Waals surface area contributed by atoms with Crippen LogP contribution in [0.4, 0.5) is 36.1 Å². The zero-order valence-electron chi connectivity index (χ0n) is 12.6. The number of nitro benzene ring substituents is 2. The highest BCUT2D eigenvalue weighted by Crippen LogP contribution is 2.44. The van der Waals surface area contributed by atoms with Gasteiger partial charge in [-0.25, -0.2) is 4.98 Å². The van der Waals surface area contributed by atoms with E-state index in [0.29, 0.717) is 12.3 Å². The molecule has 2 aromatic rings. The van der Waals surface area contributed by atoms with Crippen molar-refractivity contribution in [1.82, 2.24) is 4.98 Å². The number of halogens is 5. The van der Waals surface area contributed by atoms with E-state index in [-0.39, 0.29) is 10.6 Å². The first-order valence-electron chi connectivity index (χ1n) is 6.55. The van der Waals surface area contributed by atoms with E-state index in [0.717, 1.165) is 6.07 Å². The molecule has 0 fully saturated rings. The molecule has 0 amide bonds. The summed E-state index contributed by atoms with van der Waals surface area (Å²) in [6.07, 6.45) is -4.28. The van der Waals surface area contributed by atoms with Crippen molar-refractivity contribution in [2.24, 2.45) is 0 Å². The van der Waals surface area contributed by atoms with Crippen molar-refractivity contribution in [2.45, 2.75) is 13.1 Å². The van der Waals surface area contributed by atoms with Gasteiger partial charge in [0.15, 0.2) is 5.69 Å². The maximum Gasteiger partial charge on any atom is 0.417 e. The first kappa shape index (κ1) is 19.7. The van der Waals surface area contributed by atoms with Crippen LogP contribution in [0.3, 0.4) is 0 Å². The van der Waals surface area contributed by atoms with Gasteiger partial charge in [0, 0.05) is 12.3 Å². The molecule has 0 aliphatic heterocycles. The Kier molecular flexibility index (Phi) is 5.23. The Morgan fingerprint density at radius 1 is 1.15 bits per heavy atom. The molecule has 0 spiro atoms. The first-order chi connectivity index (χ1) is 11.9. The molecule has 1 N–H and O–H groups in total. The van der Waals surface area contributed by atoms with Crippen molar-refractivity contribution >= 4 is 46.1 Å². The summed E-state index contributed by atoms with van der Waals surface area (Å²) in [4.78, 5) is 24.1. The van der Waals surface area contributed by atoms with E-state index < -0.39 is 49.5 Å². The monoisotopic (exact) mass is 410 g/mol. The van der Waals surface area contributed by atoms with E-state index in [1.807, 2.05) is 0 Å².